The summed E-state index contributed by atoms with van der Waals surface area (Å²) < 4.78 is 0. The van der Waals surface area contributed by atoms with E-state index in [1.54, 1.807) is 0 Å². The molecule has 0 saturated heterocycles. The smallest absolute Gasteiger partial charge is 0.345 e. The molecule has 2 heterocycles. The fraction of sp³-hybridized carbons (Fsp3) is 0.0556. The average molecular weight is 315 g/mol. The summed E-state index contributed by atoms with van der Waals surface area (Å²) in [6.07, 6.45) is 0.753. The van der Waals surface area contributed by atoms with Crippen LogP contribution in [0.25, 0.3) is 33.4 Å². The van der Waals surface area contributed by atoms with Crippen molar-refractivity contribution in [3.8, 4) is 22.5 Å². The lowest BCUT2D eigenvalue weighted by Crippen LogP contribution is -2.13. The number of hydrogen-bond acceptors (Lipinski definition) is 4. The molecule has 24 heavy (non-hydrogen) atoms. The second-order valence-corrected chi connectivity index (χ2v) is 5.95. The lowest BCUT2D eigenvalue weighted by atomic mass is 10.0. The second-order valence-electron chi connectivity index (χ2n) is 5.95. The molecule has 4 N–H and O–H groups in total. The lowest BCUT2D eigenvalue weighted by Gasteiger charge is -2.07. The number of aromatic amines is 2. The Morgan fingerprint density at radius 2 is 2.00 bits per heavy atom. The number of anilines is 1. The molecule has 6 heteroatoms. The number of fused-ring (bicyclic) bond motifs is 4. The van der Waals surface area contributed by atoms with Gasteiger partial charge in [0.05, 0.1) is 16.9 Å². The van der Waals surface area contributed by atoms with Crippen LogP contribution in [-0.2, 0) is 6.42 Å². The van der Waals surface area contributed by atoms with E-state index in [1.807, 2.05) is 36.4 Å². The Kier molecular flexibility index (Phi) is 2.48. The third-order valence-corrected chi connectivity index (χ3v) is 4.55. The molecule has 0 spiro atoms. The molecule has 0 atom stereocenters. The molecule has 0 radical (unpaired) electrons. The van der Waals surface area contributed by atoms with Crippen LogP contribution in [0, 0.1) is 0 Å². The fourth-order valence-electron chi connectivity index (χ4n) is 3.43. The Morgan fingerprint density at radius 3 is 2.92 bits per heavy atom. The molecule has 4 aromatic rings. The van der Waals surface area contributed by atoms with E-state index in [0.29, 0.717) is 11.5 Å². The predicted octanol–water partition coefficient (Wildman–Crippen LogP) is 2.47. The molecule has 0 amide bonds. The quantitative estimate of drug-likeness (QED) is 0.442. The Hall–Kier alpha value is -3.41. The molecule has 0 aliphatic heterocycles. The van der Waals surface area contributed by atoms with E-state index in [9.17, 15) is 4.79 Å². The van der Waals surface area contributed by atoms with E-state index in [2.05, 4.69) is 26.2 Å². The molecule has 2 aromatic carbocycles. The van der Waals surface area contributed by atoms with Crippen LogP contribution in [-0.4, -0.2) is 20.2 Å². The second kappa shape index (κ2) is 4.55. The molecule has 0 saturated carbocycles. The van der Waals surface area contributed by atoms with Gasteiger partial charge in [-0.1, -0.05) is 30.3 Å². The number of nitrogens with one attached hydrogen (secondary N) is 2. The van der Waals surface area contributed by atoms with E-state index in [4.69, 9.17) is 5.73 Å². The molecule has 0 fully saturated rings. The highest BCUT2D eigenvalue weighted by Crippen LogP contribution is 2.38. The van der Waals surface area contributed by atoms with Gasteiger partial charge in [0.15, 0.2) is 5.82 Å². The van der Waals surface area contributed by atoms with Crippen molar-refractivity contribution in [1.29, 1.82) is 0 Å². The van der Waals surface area contributed by atoms with Crippen molar-refractivity contribution < 1.29 is 0 Å². The van der Waals surface area contributed by atoms with Gasteiger partial charge >= 0.3 is 5.69 Å². The van der Waals surface area contributed by atoms with Crippen molar-refractivity contribution in [2.75, 3.05) is 5.73 Å². The van der Waals surface area contributed by atoms with Crippen molar-refractivity contribution in [2.45, 2.75) is 6.42 Å². The summed E-state index contributed by atoms with van der Waals surface area (Å²) in [7, 11) is 0. The SMILES string of the molecule is Nc1n[nH]c2ccc(-c3nc(=O)[nH]c4c3Cc3ccccc3-4)cc12. The summed E-state index contributed by atoms with van der Waals surface area (Å²) >= 11 is 0. The van der Waals surface area contributed by atoms with E-state index in [1.165, 1.54) is 5.56 Å². The summed E-state index contributed by atoms with van der Waals surface area (Å²) in [4.78, 5) is 19.2. The van der Waals surface area contributed by atoms with Gasteiger partial charge in [0.25, 0.3) is 0 Å². The van der Waals surface area contributed by atoms with E-state index < -0.39 is 0 Å². The van der Waals surface area contributed by atoms with Gasteiger partial charge in [0.2, 0.25) is 0 Å². The van der Waals surface area contributed by atoms with Crippen LogP contribution < -0.4 is 11.4 Å². The maximum absolute atomic E-state index is 12.1. The normalized spacial score (nSPS) is 12.3. The van der Waals surface area contributed by atoms with Crippen molar-refractivity contribution in [1.82, 2.24) is 20.2 Å². The molecule has 5 rings (SSSR count). The first-order valence-corrected chi connectivity index (χ1v) is 7.66. The first-order valence-electron chi connectivity index (χ1n) is 7.66. The number of nitrogens with two attached hydrogens (primary N) is 1. The third-order valence-electron chi connectivity index (χ3n) is 4.55. The van der Waals surface area contributed by atoms with Crippen molar-refractivity contribution >= 4 is 16.7 Å². The predicted molar refractivity (Wildman–Crippen MR) is 92.6 cm³/mol. The van der Waals surface area contributed by atoms with E-state index in [-0.39, 0.29) is 5.69 Å². The number of H-pyrrole nitrogens is 2. The molecule has 2 aromatic heterocycles. The van der Waals surface area contributed by atoms with Crippen LogP contribution in [0.3, 0.4) is 0 Å². The Morgan fingerprint density at radius 1 is 1.12 bits per heavy atom. The zero-order valence-electron chi connectivity index (χ0n) is 12.6. The van der Waals surface area contributed by atoms with Crippen molar-refractivity contribution in [3.63, 3.8) is 0 Å². The lowest BCUT2D eigenvalue weighted by molar-refractivity contribution is 1.06. The monoisotopic (exact) mass is 315 g/mol. The summed E-state index contributed by atoms with van der Waals surface area (Å²) in [5, 5.41) is 7.73. The number of benzene rings is 2. The van der Waals surface area contributed by atoms with Crippen LogP contribution in [0.5, 0.6) is 0 Å². The van der Waals surface area contributed by atoms with Crippen LogP contribution in [0.15, 0.2) is 47.3 Å². The van der Waals surface area contributed by atoms with Gasteiger partial charge in [-0.25, -0.2) is 4.79 Å². The van der Waals surface area contributed by atoms with Crippen molar-refractivity contribution in [2.24, 2.45) is 0 Å². The summed E-state index contributed by atoms with van der Waals surface area (Å²) in [6.45, 7) is 0. The minimum atomic E-state index is -0.347. The standard InChI is InChI=1S/C18H13N5O/c19-17-12-8-10(5-6-14(12)22-23-17)15-13-7-9-3-1-2-4-11(9)16(13)21-18(24)20-15/h1-6,8H,7H2,(H3,19,22,23)(H,20,21,24). The zero-order chi connectivity index (χ0) is 16.3. The van der Waals surface area contributed by atoms with Crippen molar-refractivity contribution in [3.05, 3.63) is 64.1 Å². The zero-order valence-corrected chi connectivity index (χ0v) is 12.6. The highest BCUT2D eigenvalue weighted by molar-refractivity contribution is 5.93. The number of nitrogens with zero attached hydrogens (tertiary/aromatic N) is 2. The topological polar surface area (TPSA) is 100 Å². The van der Waals surface area contributed by atoms with Gasteiger partial charge < -0.3 is 10.7 Å². The van der Waals surface area contributed by atoms with Crippen LogP contribution in [0.1, 0.15) is 11.1 Å². The highest BCUT2D eigenvalue weighted by Gasteiger charge is 2.24. The Labute approximate surface area is 136 Å². The molecule has 116 valence electrons. The first-order chi connectivity index (χ1) is 11.7. The van der Waals surface area contributed by atoms with Gasteiger partial charge in [-0.2, -0.15) is 10.1 Å². The molecule has 6 nitrogen and oxygen atoms in total. The maximum Gasteiger partial charge on any atom is 0.345 e. The maximum atomic E-state index is 12.1. The highest BCUT2D eigenvalue weighted by atomic mass is 16.1. The largest absolute Gasteiger partial charge is 0.382 e. The van der Waals surface area contributed by atoms with Crippen LogP contribution >= 0.6 is 0 Å². The molecular weight excluding hydrogens is 302 g/mol. The van der Waals surface area contributed by atoms with E-state index >= 15 is 0 Å². The number of hydrogen-bond donors (Lipinski definition) is 3. The molecule has 1 aliphatic rings. The number of aromatic nitrogens is 4. The van der Waals surface area contributed by atoms with E-state index in [0.717, 1.165) is 39.7 Å². The third kappa shape index (κ3) is 1.73. The molecule has 0 bridgehead atoms. The number of rotatable bonds is 1. The number of nitrogen functional groups attached to an aromatic ring is 1. The summed E-state index contributed by atoms with van der Waals surface area (Å²) in [5.74, 6) is 0.441. The van der Waals surface area contributed by atoms with Gasteiger partial charge in [-0.3, -0.25) is 5.10 Å². The van der Waals surface area contributed by atoms with Gasteiger partial charge in [-0.15, -0.1) is 0 Å². The van der Waals surface area contributed by atoms with Gasteiger partial charge in [0, 0.05) is 28.5 Å². The van der Waals surface area contributed by atoms with Gasteiger partial charge in [-0.05, 0) is 17.7 Å². The van der Waals surface area contributed by atoms with Crippen LogP contribution in [0.4, 0.5) is 5.82 Å². The average Bonchev–Trinajstić information content (AvgIpc) is 3.15. The van der Waals surface area contributed by atoms with Gasteiger partial charge in [0.1, 0.15) is 0 Å². The Bertz CT molecular complexity index is 1170. The summed E-state index contributed by atoms with van der Waals surface area (Å²) in [6, 6.07) is 13.9. The minimum absolute atomic E-state index is 0.347. The first kappa shape index (κ1) is 13.1. The fourth-order valence-corrected chi connectivity index (χ4v) is 3.43. The minimum Gasteiger partial charge on any atom is -0.382 e. The molecule has 1 aliphatic carbocycles. The summed E-state index contributed by atoms with van der Waals surface area (Å²) in [5.41, 5.74) is 12.2. The molecular formula is C18H13N5O. The Balaban J connectivity index is 1.79. The van der Waals surface area contributed by atoms with Crippen LogP contribution in [0.2, 0.25) is 0 Å². The molecule has 0 unspecified atom stereocenters.